The van der Waals surface area contributed by atoms with Gasteiger partial charge in [0.15, 0.2) is 5.60 Å². The van der Waals surface area contributed by atoms with E-state index in [1.165, 1.54) is 7.11 Å². The van der Waals surface area contributed by atoms with Crippen LogP contribution in [0.3, 0.4) is 0 Å². The third kappa shape index (κ3) is 3.93. The Hall–Kier alpha value is -1.27. The van der Waals surface area contributed by atoms with Gasteiger partial charge in [-0.2, -0.15) is 0 Å². The number of esters is 1. The van der Waals surface area contributed by atoms with E-state index >= 15 is 0 Å². The zero-order valence-corrected chi connectivity index (χ0v) is 14.0. The second-order valence-corrected chi connectivity index (χ2v) is 6.04. The number of rotatable bonds is 5. The van der Waals surface area contributed by atoms with Crippen LogP contribution in [0.4, 0.5) is 5.69 Å². The number of hydrogen-bond donors (Lipinski definition) is 0. The van der Waals surface area contributed by atoms with Crippen molar-refractivity contribution in [3.8, 4) is 0 Å². The monoisotopic (exact) mass is 345 g/mol. The Morgan fingerprint density at radius 3 is 2.73 bits per heavy atom. The topological polar surface area (TPSA) is 48.0 Å². The van der Waals surface area contributed by atoms with Gasteiger partial charge in [0.2, 0.25) is 0 Å². The number of methoxy groups -OCH3 is 1. The summed E-state index contributed by atoms with van der Waals surface area (Å²) in [6, 6.07) is 5.19. The normalized spacial score (nSPS) is 17.9. The molecule has 0 aliphatic carbocycles. The maximum Gasteiger partial charge on any atom is 0.337 e. The number of hydrogen-bond acceptors (Lipinski definition) is 5. The molecule has 0 bridgehead atoms. The van der Waals surface area contributed by atoms with Crippen molar-refractivity contribution in [2.75, 3.05) is 18.8 Å². The summed E-state index contributed by atoms with van der Waals surface area (Å²) in [7, 11) is 1.32. The van der Waals surface area contributed by atoms with Crippen LogP contribution in [0, 0.1) is 0 Å². The van der Waals surface area contributed by atoms with Crippen molar-refractivity contribution in [3.63, 3.8) is 0 Å². The third-order valence-electron chi connectivity index (χ3n) is 3.13. The molecule has 7 heteroatoms. The summed E-state index contributed by atoms with van der Waals surface area (Å²) in [5, 5.41) is 2.50. The third-order valence-corrected chi connectivity index (χ3v) is 3.87. The lowest BCUT2D eigenvalue weighted by molar-refractivity contribution is -0.167. The fourth-order valence-corrected chi connectivity index (χ4v) is 2.13. The van der Waals surface area contributed by atoms with Crippen molar-refractivity contribution in [1.29, 1.82) is 0 Å². The Balaban J connectivity index is 1.92. The molecule has 0 saturated heterocycles. The van der Waals surface area contributed by atoms with E-state index in [4.69, 9.17) is 32.8 Å². The molecule has 2 rings (SSSR count). The molecule has 0 amide bonds. The largest absolute Gasteiger partial charge is 0.467 e. The number of hydroxylamine groups is 1. The van der Waals surface area contributed by atoms with E-state index in [0.717, 1.165) is 5.69 Å². The van der Waals surface area contributed by atoms with Crippen molar-refractivity contribution < 1.29 is 19.1 Å². The lowest BCUT2D eigenvalue weighted by atomic mass is 10.1. The van der Waals surface area contributed by atoms with Gasteiger partial charge in [-0.15, -0.1) is 0 Å². The predicted molar refractivity (Wildman–Crippen MR) is 85.0 cm³/mol. The van der Waals surface area contributed by atoms with Crippen LogP contribution in [0.5, 0.6) is 0 Å². The summed E-state index contributed by atoms with van der Waals surface area (Å²) < 4.78 is 10.3. The van der Waals surface area contributed by atoms with Crippen LogP contribution in [0.15, 0.2) is 30.5 Å². The minimum absolute atomic E-state index is 0.219. The number of ether oxygens (including phenoxy) is 2. The van der Waals surface area contributed by atoms with Gasteiger partial charge in [0.1, 0.15) is 6.10 Å². The molecule has 0 spiro atoms. The number of carbonyl (C=O) groups is 1. The fourth-order valence-electron chi connectivity index (χ4n) is 1.84. The summed E-state index contributed by atoms with van der Waals surface area (Å²) in [4.78, 5) is 17.2. The van der Waals surface area contributed by atoms with Gasteiger partial charge in [0, 0.05) is 6.20 Å². The first-order chi connectivity index (χ1) is 10.3. The molecule has 1 aliphatic heterocycles. The number of benzene rings is 1. The molecule has 0 N–H and O–H groups in total. The number of carbonyl (C=O) groups excluding carboxylic acids is 1. The van der Waals surface area contributed by atoms with Gasteiger partial charge >= 0.3 is 5.97 Å². The highest BCUT2D eigenvalue weighted by atomic mass is 35.5. The first-order valence-electron chi connectivity index (χ1n) is 6.65. The highest BCUT2D eigenvalue weighted by Crippen LogP contribution is 2.29. The maximum atomic E-state index is 11.5. The van der Waals surface area contributed by atoms with E-state index < -0.39 is 11.6 Å². The van der Waals surface area contributed by atoms with Crippen LogP contribution >= 0.6 is 23.2 Å². The van der Waals surface area contributed by atoms with Gasteiger partial charge in [-0.3, -0.25) is 4.84 Å². The van der Waals surface area contributed by atoms with Gasteiger partial charge in [-0.1, -0.05) is 23.2 Å². The Bertz CT molecular complexity index is 589. The van der Waals surface area contributed by atoms with E-state index in [2.05, 4.69) is 4.74 Å². The van der Waals surface area contributed by atoms with Crippen molar-refractivity contribution in [2.24, 2.45) is 0 Å². The standard InChI is InChI=1S/C15H17Cl2NO4/c1-15(2,14(19)20-3)21-9-11-6-7-18(22-11)10-4-5-12(16)13(17)8-10/h4-8,11H,9H2,1-3H3. The van der Waals surface area contributed by atoms with Gasteiger partial charge in [0.25, 0.3) is 0 Å². The molecule has 1 unspecified atom stereocenters. The van der Waals surface area contributed by atoms with Crippen LogP contribution < -0.4 is 5.06 Å². The zero-order valence-electron chi connectivity index (χ0n) is 12.5. The molecule has 1 atom stereocenters. The Morgan fingerprint density at radius 1 is 1.36 bits per heavy atom. The first-order valence-corrected chi connectivity index (χ1v) is 7.41. The predicted octanol–water partition coefficient (Wildman–Crippen LogP) is 3.60. The highest BCUT2D eigenvalue weighted by Gasteiger charge is 2.31. The lowest BCUT2D eigenvalue weighted by Crippen LogP contribution is -2.38. The molecule has 120 valence electrons. The van der Waals surface area contributed by atoms with Gasteiger partial charge in [-0.05, 0) is 38.1 Å². The van der Waals surface area contributed by atoms with Crippen molar-refractivity contribution in [3.05, 3.63) is 40.5 Å². The zero-order chi connectivity index (χ0) is 16.3. The van der Waals surface area contributed by atoms with E-state index in [9.17, 15) is 4.79 Å². The molecule has 1 aromatic rings. The molecule has 0 aromatic heterocycles. The number of halogens is 2. The van der Waals surface area contributed by atoms with Crippen molar-refractivity contribution >= 4 is 34.9 Å². The Labute approximate surface area is 139 Å². The lowest BCUT2D eigenvalue weighted by Gasteiger charge is -2.24. The first kappa shape index (κ1) is 17.1. The summed E-state index contributed by atoms with van der Waals surface area (Å²) in [5.41, 5.74) is -0.275. The molecule has 0 saturated carbocycles. The number of anilines is 1. The molecule has 0 fully saturated rings. The molecule has 5 nitrogen and oxygen atoms in total. The molecule has 1 aromatic carbocycles. The molecule has 1 aliphatic rings. The van der Waals surface area contributed by atoms with Crippen LogP contribution in [0.1, 0.15) is 13.8 Å². The van der Waals surface area contributed by atoms with E-state index in [0.29, 0.717) is 10.0 Å². The summed E-state index contributed by atoms with van der Waals surface area (Å²) in [6.45, 7) is 3.51. The molecule has 0 radical (unpaired) electrons. The molecule has 1 heterocycles. The van der Waals surface area contributed by atoms with Gasteiger partial charge in [-0.25, -0.2) is 9.86 Å². The minimum atomic E-state index is -1.02. The SMILES string of the molecule is COC(=O)C(C)(C)OCC1C=CN(c2ccc(Cl)c(Cl)c2)O1. The molecular formula is C15H17Cl2NO4. The second kappa shape index (κ2) is 6.87. The highest BCUT2D eigenvalue weighted by molar-refractivity contribution is 6.42. The Kier molecular flexibility index (Phi) is 5.34. The van der Waals surface area contributed by atoms with Crippen LogP contribution in [0.25, 0.3) is 0 Å². The van der Waals surface area contributed by atoms with Crippen LogP contribution in [-0.2, 0) is 19.1 Å². The maximum absolute atomic E-state index is 11.5. The summed E-state index contributed by atoms with van der Waals surface area (Å²) >= 11 is 11.9. The van der Waals surface area contributed by atoms with Crippen molar-refractivity contribution in [2.45, 2.75) is 25.6 Å². The van der Waals surface area contributed by atoms with Crippen molar-refractivity contribution in [1.82, 2.24) is 0 Å². The molecule has 22 heavy (non-hydrogen) atoms. The summed E-state index contributed by atoms with van der Waals surface area (Å²) in [5.74, 6) is -0.434. The minimum Gasteiger partial charge on any atom is -0.467 e. The Morgan fingerprint density at radius 2 is 2.09 bits per heavy atom. The summed E-state index contributed by atoms with van der Waals surface area (Å²) in [6.07, 6.45) is 3.28. The molecular weight excluding hydrogens is 329 g/mol. The van der Waals surface area contributed by atoms with E-state index in [-0.39, 0.29) is 12.7 Å². The van der Waals surface area contributed by atoms with Crippen LogP contribution in [-0.4, -0.2) is 31.4 Å². The van der Waals surface area contributed by atoms with Gasteiger partial charge < -0.3 is 9.47 Å². The average Bonchev–Trinajstić information content (AvgIpc) is 2.96. The van der Waals surface area contributed by atoms with Gasteiger partial charge in [0.05, 0.1) is 29.4 Å². The fraction of sp³-hybridized carbons (Fsp3) is 0.400. The van der Waals surface area contributed by atoms with E-state index in [1.807, 2.05) is 6.08 Å². The van der Waals surface area contributed by atoms with Crippen LogP contribution in [0.2, 0.25) is 10.0 Å². The average molecular weight is 346 g/mol. The van der Waals surface area contributed by atoms with E-state index in [1.54, 1.807) is 43.3 Å². The smallest absolute Gasteiger partial charge is 0.337 e. The second-order valence-electron chi connectivity index (χ2n) is 5.22. The quantitative estimate of drug-likeness (QED) is 0.763. The number of nitrogens with zero attached hydrogens (tertiary/aromatic N) is 1.